The van der Waals surface area contributed by atoms with Crippen molar-refractivity contribution in [1.29, 1.82) is 0 Å². The highest BCUT2D eigenvalue weighted by atomic mass is 19.4. The van der Waals surface area contributed by atoms with Crippen LogP contribution in [0.25, 0.3) is 0 Å². The number of alkyl halides is 3. The molecule has 0 aromatic heterocycles. The molecule has 2 aliphatic heterocycles. The molecular weight excluding hydrogens is 261 g/mol. The van der Waals surface area contributed by atoms with Crippen LogP contribution in [0, 0.1) is 0 Å². The summed E-state index contributed by atoms with van der Waals surface area (Å²) in [6, 6.07) is -1.69. The van der Waals surface area contributed by atoms with E-state index in [0.29, 0.717) is 19.4 Å². The van der Waals surface area contributed by atoms with Crippen molar-refractivity contribution in [1.82, 2.24) is 9.80 Å². The number of fused-ring (bicyclic) bond motifs is 1. The van der Waals surface area contributed by atoms with Crippen LogP contribution in [0.4, 0.5) is 13.2 Å². The van der Waals surface area contributed by atoms with E-state index in [0.717, 1.165) is 4.90 Å². The summed E-state index contributed by atoms with van der Waals surface area (Å²) in [6.07, 6.45) is -3.49. The molecule has 19 heavy (non-hydrogen) atoms. The van der Waals surface area contributed by atoms with Gasteiger partial charge in [-0.3, -0.25) is 9.59 Å². The van der Waals surface area contributed by atoms with E-state index in [1.807, 2.05) is 0 Å². The summed E-state index contributed by atoms with van der Waals surface area (Å²) in [5.74, 6) is -0.878. The summed E-state index contributed by atoms with van der Waals surface area (Å²) in [7, 11) is 0. The maximum atomic E-state index is 13.2. The molecule has 0 aromatic rings. The highest BCUT2D eigenvalue weighted by molar-refractivity contribution is 5.98. The summed E-state index contributed by atoms with van der Waals surface area (Å²) in [5.41, 5.74) is -2.09. The maximum absolute atomic E-state index is 13.2. The lowest BCUT2D eigenvalue weighted by Crippen LogP contribution is -2.67. The van der Waals surface area contributed by atoms with Crippen LogP contribution in [0.2, 0.25) is 0 Å². The second-order valence-corrected chi connectivity index (χ2v) is 5.60. The van der Waals surface area contributed by atoms with Gasteiger partial charge >= 0.3 is 6.18 Å². The van der Waals surface area contributed by atoms with Gasteiger partial charge in [0.25, 0.3) is 0 Å². The smallest absolute Gasteiger partial charge is 0.329 e. The molecule has 2 heterocycles. The largest absolute Gasteiger partial charge is 0.411 e. The lowest BCUT2D eigenvalue weighted by atomic mass is 10.0. The molecule has 3 fully saturated rings. The van der Waals surface area contributed by atoms with E-state index in [2.05, 4.69) is 0 Å². The molecule has 3 aliphatic rings. The van der Waals surface area contributed by atoms with Crippen LogP contribution in [0.3, 0.4) is 0 Å². The van der Waals surface area contributed by atoms with E-state index in [9.17, 15) is 22.8 Å². The number of carbonyl (C=O) groups excluding carboxylic acids is 2. The van der Waals surface area contributed by atoms with Crippen LogP contribution in [-0.4, -0.2) is 52.0 Å². The Morgan fingerprint density at radius 1 is 1.21 bits per heavy atom. The van der Waals surface area contributed by atoms with Crippen molar-refractivity contribution in [2.75, 3.05) is 6.54 Å². The van der Waals surface area contributed by atoms with Gasteiger partial charge < -0.3 is 9.80 Å². The monoisotopic (exact) mass is 276 g/mol. The first-order valence-corrected chi connectivity index (χ1v) is 6.50. The van der Waals surface area contributed by atoms with Gasteiger partial charge in [-0.25, -0.2) is 0 Å². The highest BCUT2D eigenvalue weighted by Gasteiger charge is 2.71. The van der Waals surface area contributed by atoms with E-state index in [-0.39, 0.29) is 18.7 Å². The van der Waals surface area contributed by atoms with Gasteiger partial charge in [0.05, 0.1) is 0 Å². The molecule has 0 aromatic carbocycles. The predicted octanol–water partition coefficient (Wildman–Crippen LogP) is 1.30. The molecule has 7 heteroatoms. The minimum Gasteiger partial charge on any atom is -0.329 e. The molecule has 3 rings (SSSR count). The Morgan fingerprint density at radius 3 is 2.37 bits per heavy atom. The second kappa shape index (κ2) is 3.64. The summed E-state index contributed by atoms with van der Waals surface area (Å²) in [4.78, 5) is 26.7. The standard InChI is InChI=1S/C12H15F3N2O2/c1-7-9(18)16-6-2-3-8(16)10(19)17(7)11(4-5-11)12(13,14)15/h7-8H,2-6H2,1H3. The van der Waals surface area contributed by atoms with Crippen LogP contribution in [-0.2, 0) is 9.59 Å². The zero-order chi connectivity index (χ0) is 14.0. The molecule has 0 radical (unpaired) electrons. The van der Waals surface area contributed by atoms with Crippen molar-refractivity contribution >= 4 is 11.8 Å². The zero-order valence-electron chi connectivity index (χ0n) is 10.5. The third kappa shape index (κ3) is 1.53. The fraction of sp³-hybridized carbons (Fsp3) is 0.833. The molecule has 0 N–H and O–H groups in total. The summed E-state index contributed by atoms with van der Waals surface area (Å²) < 4.78 is 39.5. The number of piperazine rings is 1. The average Bonchev–Trinajstić information content (AvgIpc) is 2.97. The lowest BCUT2D eigenvalue weighted by molar-refractivity contribution is -0.212. The Hall–Kier alpha value is -1.27. The van der Waals surface area contributed by atoms with Crippen LogP contribution in [0.15, 0.2) is 0 Å². The molecule has 4 nitrogen and oxygen atoms in total. The van der Waals surface area contributed by atoms with Crippen LogP contribution in [0.1, 0.15) is 32.6 Å². The van der Waals surface area contributed by atoms with Crippen molar-refractivity contribution in [3.63, 3.8) is 0 Å². The molecule has 0 spiro atoms. The zero-order valence-corrected chi connectivity index (χ0v) is 10.5. The van der Waals surface area contributed by atoms with E-state index < -0.39 is 29.7 Å². The second-order valence-electron chi connectivity index (χ2n) is 5.60. The highest BCUT2D eigenvalue weighted by Crippen LogP contribution is 2.55. The number of hydrogen-bond donors (Lipinski definition) is 0. The van der Waals surface area contributed by atoms with Crippen LogP contribution >= 0.6 is 0 Å². The van der Waals surface area contributed by atoms with Crippen LogP contribution < -0.4 is 0 Å². The average molecular weight is 276 g/mol. The molecule has 2 atom stereocenters. The quantitative estimate of drug-likeness (QED) is 0.724. The molecule has 2 saturated heterocycles. The summed E-state index contributed by atoms with van der Waals surface area (Å²) >= 11 is 0. The first kappa shape index (κ1) is 12.7. The maximum Gasteiger partial charge on any atom is 0.411 e. The summed E-state index contributed by atoms with van der Waals surface area (Å²) in [5, 5.41) is 0. The number of amides is 2. The van der Waals surface area contributed by atoms with Crippen molar-refractivity contribution in [2.45, 2.75) is 56.4 Å². The number of nitrogens with zero attached hydrogens (tertiary/aromatic N) is 2. The van der Waals surface area contributed by atoms with Gasteiger partial charge in [0.15, 0.2) is 0 Å². The summed E-state index contributed by atoms with van der Waals surface area (Å²) in [6.45, 7) is 1.88. The molecule has 1 aliphatic carbocycles. The van der Waals surface area contributed by atoms with E-state index in [1.165, 1.54) is 11.8 Å². The van der Waals surface area contributed by atoms with Gasteiger partial charge in [0, 0.05) is 6.54 Å². The molecule has 2 amide bonds. The third-order valence-corrected chi connectivity index (χ3v) is 4.52. The molecule has 1 saturated carbocycles. The van der Waals surface area contributed by atoms with E-state index >= 15 is 0 Å². The van der Waals surface area contributed by atoms with E-state index in [4.69, 9.17) is 0 Å². The molecule has 2 unspecified atom stereocenters. The number of carbonyl (C=O) groups is 2. The minimum atomic E-state index is -4.46. The Kier molecular flexibility index (Phi) is 2.44. The van der Waals surface area contributed by atoms with Gasteiger partial charge in [-0.05, 0) is 32.6 Å². The van der Waals surface area contributed by atoms with Gasteiger partial charge in [-0.15, -0.1) is 0 Å². The Labute approximate surface area is 108 Å². The van der Waals surface area contributed by atoms with Gasteiger partial charge in [-0.2, -0.15) is 13.2 Å². The Bertz CT molecular complexity index is 445. The van der Waals surface area contributed by atoms with Crippen molar-refractivity contribution in [3.05, 3.63) is 0 Å². The first-order valence-electron chi connectivity index (χ1n) is 6.50. The normalized spacial score (nSPS) is 33.7. The minimum absolute atomic E-state index is 0.0907. The van der Waals surface area contributed by atoms with Crippen molar-refractivity contribution in [3.8, 4) is 0 Å². The lowest BCUT2D eigenvalue weighted by Gasteiger charge is -2.45. The Balaban J connectivity index is 1.97. The number of halogens is 3. The van der Waals surface area contributed by atoms with E-state index in [1.54, 1.807) is 0 Å². The predicted molar refractivity (Wildman–Crippen MR) is 59.1 cm³/mol. The number of hydrogen-bond acceptors (Lipinski definition) is 2. The molecule has 106 valence electrons. The van der Waals surface area contributed by atoms with Gasteiger partial charge in [-0.1, -0.05) is 0 Å². The van der Waals surface area contributed by atoms with Gasteiger partial charge in [0.2, 0.25) is 11.8 Å². The molecule has 0 bridgehead atoms. The molecular formula is C12H15F3N2O2. The topological polar surface area (TPSA) is 40.6 Å². The van der Waals surface area contributed by atoms with Crippen molar-refractivity contribution < 1.29 is 22.8 Å². The van der Waals surface area contributed by atoms with Crippen LogP contribution in [0.5, 0.6) is 0 Å². The SMILES string of the molecule is CC1C(=O)N2CCCC2C(=O)N1C1(C(F)(F)F)CC1. The fourth-order valence-corrected chi connectivity index (χ4v) is 3.35. The Morgan fingerprint density at radius 2 is 1.84 bits per heavy atom. The third-order valence-electron chi connectivity index (χ3n) is 4.52. The van der Waals surface area contributed by atoms with Gasteiger partial charge in [0.1, 0.15) is 17.6 Å². The first-order chi connectivity index (χ1) is 8.79. The van der Waals surface area contributed by atoms with Crippen molar-refractivity contribution in [2.24, 2.45) is 0 Å². The number of rotatable bonds is 1. The fourth-order valence-electron chi connectivity index (χ4n) is 3.35.